The first-order chi connectivity index (χ1) is 24.7. The summed E-state index contributed by atoms with van der Waals surface area (Å²) >= 11 is 0. The smallest absolute Gasteiger partial charge is 0.493 e. The van der Waals surface area contributed by atoms with Crippen molar-refractivity contribution in [2.75, 3.05) is 20.3 Å². The molecule has 6 rings (SSSR count). The molecule has 0 aliphatic heterocycles. The Morgan fingerprint density at radius 2 is 1.39 bits per heavy atom. The third-order valence-corrected chi connectivity index (χ3v) is 9.49. The summed E-state index contributed by atoms with van der Waals surface area (Å²) in [7, 11) is 1.59. The first kappa shape index (κ1) is 35.7. The number of nitrogens with one attached hydrogen (secondary N) is 1. The third-order valence-electron chi connectivity index (χ3n) is 9.49. The van der Waals surface area contributed by atoms with Gasteiger partial charge in [0.25, 0.3) is 0 Å². The SMILES string of the molecule is CONC1=C(Cn2cncn2)[C@H](COc2ccc(OC(F)(F)F)cc2)CC[C@@]1(C)CCOC(c1ccccc1)(c1ccccc1)c1ccccc1. The van der Waals surface area contributed by atoms with Crippen LogP contribution in [0, 0.1) is 11.3 Å². The summed E-state index contributed by atoms with van der Waals surface area (Å²) in [4.78, 5) is 9.75. The molecule has 1 aliphatic rings. The van der Waals surface area contributed by atoms with E-state index < -0.39 is 12.0 Å². The van der Waals surface area contributed by atoms with Gasteiger partial charge in [-0.25, -0.2) is 9.67 Å². The molecule has 1 aliphatic carbocycles. The molecule has 0 unspecified atom stereocenters. The standard InChI is InChI=1S/C40H41F3N4O4/c1-38(24-25-50-39(31-12-6-3-7-13-31,32-14-8-4-9-15-32)33-16-10-5-11-17-33)23-22-30(36(37(38)46-48-2)26-47-29-44-28-45-47)27-49-34-18-20-35(21-19-34)51-40(41,42)43/h3-21,28-30,46H,22-27H2,1-2H3/t30-,38-/m0/s1. The summed E-state index contributed by atoms with van der Waals surface area (Å²) in [6.45, 7) is 3.37. The minimum atomic E-state index is -4.76. The molecule has 2 atom stereocenters. The van der Waals surface area contributed by atoms with Crippen molar-refractivity contribution in [3.05, 3.63) is 156 Å². The summed E-state index contributed by atoms with van der Waals surface area (Å²) in [5.41, 5.74) is 7.04. The fourth-order valence-corrected chi connectivity index (χ4v) is 6.94. The molecule has 1 N–H and O–H groups in total. The van der Waals surface area contributed by atoms with E-state index in [0.29, 0.717) is 31.9 Å². The second-order valence-corrected chi connectivity index (χ2v) is 12.8. The molecule has 0 fully saturated rings. The highest BCUT2D eigenvalue weighted by atomic mass is 19.4. The highest BCUT2D eigenvalue weighted by molar-refractivity contribution is 5.47. The molecule has 11 heteroatoms. The first-order valence-corrected chi connectivity index (χ1v) is 16.8. The maximum atomic E-state index is 12.7. The molecule has 0 saturated heterocycles. The van der Waals surface area contributed by atoms with Gasteiger partial charge in [-0.05, 0) is 65.8 Å². The number of benzene rings is 4. The van der Waals surface area contributed by atoms with Crippen LogP contribution in [0.25, 0.3) is 0 Å². The number of rotatable bonds is 15. The van der Waals surface area contributed by atoms with Gasteiger partial charge < -0.3 is 14.2 Å². The topological polar surface area (TPSA) is 79.7 Å². The average molecular weight is 699 g/mol. The normalized spacial score (nSPS) is 18.0. The molecule has 0 spiro atoms. The monoisotopic (exact) mass is 698 g/mol. The van der Waals surface area contributed by atoms with Gasteiger partial charge in [-0.2, -0.15) is 5.10 Å². The lowest BCUT2D eigenvalue weighted by atomic mass is 9.69. The van der Waals surface area contributed by atoms with Gasteiger partial charge in [0.15, 0.2) is 0 Å². The molecule has 1 heterocycles. The zero-order valence-electron chi connectivity index (χ0n) is 28.6. The molecule has 266 valence electrons. The molecule has 1 aromatic heterocycles. The quantitative estimate of drug-likeness (QED) is 0.0868. The highest BCUT2D eigenvalue weighted by Gasteiger charge is 2.42. The Balaban J connectivity index is 1.29. The van der Waals surface area contributed by atoms with Crippen LogP contribution < -0.4 is 15.0 Å². The predicted octanol–water partition coefficient (Wildman–Crippen LogP) is 8.48. The number of alkyl halides is 3. The molecular formula is C40H41F3N4O4. The van der Waals surface area contributed by atoms with Crippen LogP contribution in [0.4, 0.5) is 13.2 Å². The molecule has 5 aromatic rings. The van der Waals surface area contributed by atoms with Crippen molar-refractivity contribution >= 4 is 0 Å². The third kappa shape index (κ3) is 8.44. The van der Waals surface area contributed by atoms with Crippen molar-refractivity contribution in [3.63, 3.8) is 0 Å². The zero-order valence-corrected chi connectivity index (χ0v) is 28.6. The van der Waals surface area contributed by atoms with Gasteiger partial charge in [0.2, 0.25) is 0 Å². The van der Waals surface area contributed by atoms with E-state index in [9.17, 15) is 13.2 Å². The van der Waals surface area contributed by atoms with Crippen LogP contribution in [0.2, 0.25) is 0 Å². The van der Waals surface area contributed by atoms with Gasteiger partial charge in [0, 0.05) is 23.6 Å². The van der Waals surface area contributed by atoms with Crippen LogP contribution in [-0.4, -0.2) is 41.5 Å². The molecule has 0 radical (unpaired) electrons. The van der Waals surface area contributed by atoms with E-state index in [1.165, 1.54) is 30.6 Å². The van der Waals surface area contributed by atoms with Crippen molar-refractivity contribution < 1.29 is 32.2 Å². The number of hydrogen-bond acceptors (Lipinski definition) is 7. The van der Waals surface area contributed by atoms with Crippen molar-refractivity contribution in [2.24, 2.45) is 11.3 Å². The fourth-order valence-electron chi connectivity index (χ4n) is 6.94. The molecule has 0 bridgehead atoms. The molecule has 0 saturated carbocycles. The number of allylic oxidation sites excluding steroid dienone is 1. The van der Waals surface area contributed by atoms with E-state index in [4.69, 9.17) is 14.3 Å². The van der Waals surface area contributed by atoms with Gasteiger partial charge >= 0.3 is 6.36 Å². The lowest BCUT2D eigenvalue weighted by molar-refractivity contribution is -0.274. The largest absolute Gasteiger partial charge is 0.573 e. The van der Waals surface area contributed by atoms with Crippen molar-refractivity contribution in [2.45, 2.75) is 44.7 Å². The molecule has 0 amide bonds. The lowest BCUT2D eigenvalue weighted by Gasteiger charge is -2.42. The van der Waals surface area contributed by atoms with E-state index in [-0.39, 0.29) is 17.1 Å². The first-order valence-electron chi connectivity index (χ1n) is 16.8. The van der Waals surface area contributed by atoms with Gasteiger partial charge in [0.05, 0.1) is 20.3 Å². The van der Waals surface area contributed by atoms with E-state index in [0.717, 1.165) is 40.8 Å². The molecule has 51 heavy (non-hydrogen) atoms. The van der Waals surface area contributed by atoms with Crippen LogP contribution in [-0.2, 0) is 21.7 Å². The van der Waals surface area contributed by atoms with E-state index in [1.54, 1.807) is 18.1 Å². The highest BCUT2D eigenvalue weighted by Crippen LogP contribution is 2.47. The number of halogens is 3. The average Bonchev–Trinajstić information content (AvgIpc) is 3.66. The van der Waals surface area contributed by atoms with Crippen molar-refractivity contribution in [1.29, 1.82) is 0 Å². The van der Waals surface area contributed by atoms with E-state index in [2.05, 4.69) is 63.6 Å². The van der Waals surface area contributed by atoms with Crippen molar-refractivity contribution in [3.8, 4) is 11.5 Å². The van der Waals surface area contributed by atoms with Crippen molar-refractivity contribution in [1.82, 2.24) is 20.2 Å². The van der Waals surface area contributed by atoms with E-state index >= 15 is 0 Å². The summed E-state index contributed by atoms with van der Waals surface area (Å²) in [5.74, 6) is 0.0790. The Labute approximate surface area is 295 Å². The molecule has 4 aromatic carbocycles. The Morgan fingerprint density at radius 3 is 1.90 bits per heavy atom. The summed E-state index contributed by atoms with van der Waals surface area (Å²) in [6.07, 6.45) is 0.641. The minimum absolute atomic E-state index is 0.0519. The maximum Gasteiger partial charge on any atom is 0.573 e. The second kappa shape index (κ2) is 15.8. The molecular weight excluding hydrogens is 657 g/mol. The van der Waals surface area contributed by atoms with Crippen LogP contribution in [0.3, 0.4) is 0 Å². The summed E-state index contributed by atoms with van der Waals surface area (Å²) in [5, 5.41) is 4.37. The Kier molecular flexibility index (Phi) is 11.1. The van der Waals surface area contributed by atoms with Crippen LogP contribution >= 0.6 is 0 Å². The number of ether oxygens (including phenoxy) is 3. The van der Waals surface area contributed by atoms with Gasteiger partial charge in [-0.1, -0.05) is 97.9 Å². The number of nitrogens with zero attached hydrogens (tertiary/aromatic N) is 3. The van der Waals surface area contributed by atoms with Gasteiger partial charge in [-0.3, -0.25) is 10.3 Å². The summed E-state index contributed by atoms with van der Waals surface area (Å²) < 4.78 is 57.1. The van der Waals surface area contributed by atoms with E-state index in [1.807, 2.05) is 54.6 Å². The maximum absolute atomic E-state index is 12.7. The fraction of sp³-hybridized carbons (Fsp3) is 0.300. The Bertz CT molecular complexity index is 1740. The lowest BCUT2D eigenvalue weighted by Crippen LogP contribution is -2.40. The minimum Gasteiger partial charge on any atom is -0.493 e. The second-order valence-electron chi connectivity index (χ2n) is 12.8. The zero-order chi connectivity index (χ0) is 35.7. The predicted molar refractivity (Wildman–Crippen MR) is 186 cm³/mol. The Morgan fingerprint density at radius 1 is 0.824 bits per heavy atom. The van der Waals surface area contributed by atoms with Gasteiger partial charge in [-0.15, -0.1) is 13.2 Å². The number of hydrogen-bond donors (Lipinski definition) is 1. The Hall–Kier alpha value is -5.13. The summed E-state index contributed by atoms with van der Waals surface area (Å²) in [6, 6.07) is 36.3. The van der Waals surface area contributed by atoms with Crippen LogP contribution in [0.5, 0.6) is 11.5 Å². The van der Waals surface area contributed by atoms with Crippen LogP contribution in [0.15, 0.2) is 139 Å². The van der Waals surface area contributed by atoms with Gasteiger partial charge in [0.1, 0.15) is 29.8 Å². The number of hydroxylamine groups is 1. The molecule has 8 nitrogen and oxygen atoms in total. The van der Waals surface area contributed by atoms with Crippen LogP contribution in [0.1, 0.15) is 42.9 Å². The number of aromatic nitrogens is 3.